The Kier molecular flexibility index (Phi) is 3.45. The van der Waals surface area contributed by atoms with Crippen molar-refractivity contribution in [2.24, 2.45) is 0 Å². The zero-order valence-corrected chi connectivity index (χ0v) is 12.5. The number of aryl methyl sites for hydroxylation is 2. The van der Waals surface area contributed by atoms with Crippen LogP contribution in [-0.2, 0) is 11.3 Å². The van der Waals surface area contributed by atoms with Gasteiger partial charge in [-0.25, -0.2) is 4.79 Å². The summed E-state index contributed by atoms with van der Waals surface area (Å²) in [7, 11) is 0. The maximum Gasteiger partial charge on any atom is 0.325 e. The van der Waals surface area contributed by atoms with Crippen LogP contribution < -0.4 is 10.6 Å². The molecular formula is C16H21N3O2. The first-order chi connectivity index (χ1) is 10.0. The summed E-state index contributed by atoms with van der Waals surface area (Å²) in [5, 5.41) is 6.11. The molecule has 3 rings (SSSR count). The summed E-state index contributed by atoms with van der Waals surface area (Å²) in [5.41, 5.74) is 2.53. The molecule has 0 aliphatic carbocycles. The Balaban J connectivity index is 1.84. The van der Waals surface area contributed by atoms with Crippen molar-refractivity contribution in [3.63, 3.8) is 0 Å². The minimum absolute atomic E-state index is 0.0967. The number of piperidine rings is 1. The fourth-order valence-corrected chi connectivity index (χ4v) is 3.16. The van der Waals surface area contributed by atoms with Crippen LogP contribution in [0.3, 0.4) is 0 Å². The van der Waals surface area contributed by atoms with E-state index >= 15 is 0 Å². The van der Waals surface area contributed by atoms with Crippen LogP contribution in [0.15, 0.2) is 18.2 Å². The molecule has 0 bridgehead atoms. The van der Waals surface area contributed by atoms with Crippen LogP contribution in [0.5, 0.6) is 0 Å². The number of nitrogens with zero attached hydrogens (tertiary/aromatic N) is 1. The molecule has 5 heteroatoms. The van der Waals surface area contributed by atoms with Crippen molar-refractivity contribution in [1.29, 1.82) is 0 Å². The van der Waals surface area contributed by atoms with Gasteiger partial charge in [0.15, 0.2) is 0 Å². The number of carbonyl (C=O) groups excluding carboxylic acids is 2. The summed E-state index contributed by atoms with van der Waals surface area (Å²) >= 11 is 0. The largest absolute Gasteiger partial charge is 0.325 e. The molecule has 2 aliphatic heterocycles. The predicted molar refractivity (Wildman–Crippen MR) is 79.8 cm³/mol. The van der Waals surface area contributed by atoms with Crippen LogP contribution in [0.2, 0.25) is 0 Å². The van der Waals surface area contributed by atoms with E-state index < -0.39 is 5.54 Å². The topological polar surface area (TPSA) is 61.4 Å². The zero-order valence-electron chi connectivity index (χ0n) is 12.5. The monoisotopic (exact) mass is 287 g/mol. The summed E-state index contributed by atoms with van der Waals surface area (Å²) < 4.78 is 0. The molecule has 2 saturated heterocycles. The second-order valence-corrected chi connectivity index (χ2v) is 6.11. The summed E-state index contributed by atoms with van der Waals surface area (Å²) in [6.07, 6.45) is 1.62. The average molecular weight is 287 g/mol. The Morgan fingerprint density at radius 3 is 2.81 bits per heavy atom. The molecular weight excluding hydrogens is 266 g/mol. The second-order valence-electron chi connectivity index (χ2n) is 6.11. The van der Waals surface area contributed by atoms with Crippen molar-refractivity contribution in [2.75, 3.05) is 13.1 Å². The van der Waals surface area contributed by atoms with E-state index in [0.717, 1.165) is 29.7 Å². The van der Waals surface area contributed by atoms with Gasteiger partial charge in [0.2, 0.25) is 0 Å². The van der Waals surface area contributed by atoms with Crippen LogP contribution in [0.1, 0.15) is 29.5 Å². The van der Waals surface area contributed by atoms with E-state index in [1.54, 1.807) is 0 Å². The Morgan fingerprint density at radius 2 is 2.10 bits per heavy atom. The molecule has 2 aliphatic rings. The van der Waals surface area contributed by atoms with E-state index in [9.17, 15) is 9.59 Å². The lowest BCUT2D eigenvalue weighted by molar-refractivity contribution is -0.132. The highest BCUT2D eigenvalue weighted by atomic mass is 16.2. The highest BCUT2D eigenvalue weighted by Gasteiger charge is 2.51. The maximum atomic E-state index is 12.7. The Labute approximate surface area is 124 Å². The fourth-order valence-electron chi connectivity index (χ4n) is 3.16. The van der Waals surface area contributed by atoms with Gasteiger partial charge in [-0.15, -0.1) is 0 Å². The number of imide groups is 1. The summed E-state index contributed by atoms with van der Waals surface area (Å²) in [5.74, 6) is -0.0967. The third-order valence-corrected chi connectivity index (χ3v) is 4.46. The van der Waals surface area contributed by atoms with Gasteiger partial charge in [-0.05, 0) is 44.4 Å². The first-order valence-corrected chi connectivity index (χ1v) is 7.43. The number of hydrogen-bond donors (Lipinski definition) is 2. The first kappa shape index (κ1) is 14.1. The number of nitrogens with one attached hydrogen (secondary N) is 2. The highest BCUT2D eigenvalue weighted by molar-refractivity contribution is 6.07. The Bertz CT molecular complexity index is 591. The number of hydrogen-bond acceptors (Lipinski definition) is 3. The number of benzene rings is 1. The van der Waals surface area contributed by atoms with Gasteiger partial charge in [0.25, 0.3) is 5.91 Å². The lowest BCUT2D eigenvalue weighted by Crippen LogP contribution is -2.57. The maximum absolute atomic E-state index is 12.7. The van der Waals surface area contributed by atoms with E-state index in [4.69, 9.17) is 0 Å². The van der Waals surface area contributed by atoms with Gasteiger partial charge in [-0.2, -0.15) is 0 Å². The molecule has 2 fully saturated rings. The van der Waals surface area contributed by atoms with Gasteiger partial charge in [-0.1, -0.05) is 23.8 Å². The Morgan fingerprint density at radius 1 is 1.29 bits per heavy atom. The molecule has 0 saturated carbocycles. The van der Waals surface area contributed by atoms with Crippen molar-refractivity contribution in [3.05, 3.63) is 34.9 Å². The van der Waals surface area contributed by atoms with Gasteiger partial charge in [0.05, 0.1) is 6.54 Å². The molecule has 0 unspecified atom stereocenters. The van der Waals surface area contributed by atoms with Crippen molar-refractivity contribution in [3.8, 4) is 0 Å². The third kappa shape index (κ3) is 2.42. The van der Waals surface area contributed by atoms with Crippen molar-refractivity contribution in [2.45, 2.75) is 38.8 Å². The number of urea groups is 1. The van der Waals surface area contributed by atoms with Crippen LogP contribution in [0.4, 0.5) is 4.79 Å². The highest BCUT2D eigenvalue weighted by Crippen LogP contribution is 2.27. The number of carbonyl (C=O) groups is 2. The molecule has 3 amide bonds. The van der Waals surface area contributed by atoms with Gasteiger partial charge in [0, 0.05) is 6.54 Å². The molecule has 2 heterocycles. The normalized spacial score (nSPS) is 25.5. The second kappa shape index (κ2) is 5.15. The number of rotatable bonds is 2. The fraction of sp³-hybridized carbons (Fsp3) is 0.500. The van der Waals surface area contributed by atoms with Gasteiger partial charge in [0.1, 0.15) is 5.54 Å². The van der Waals surface area contributed by atoms with E-state index in [1.165, 1.54) is 4.90 Å². The smallest absolute Gasteiger partial charge is 0.322 e. The van der Waals surface area contributed by atoms with Crippen molar-refractivity contribution < 1.29 is 9.59 Å². The lowest BCUT2D eigenvalue weighted by Gasteiger charge is -2.31. The lowest BCUT2D eigenvalue weighted by atomic mass is 9.90. The van der Waals surface area contributed by atoms with Crippen molar-refractivity contribution in [1.82, 2.24) is 15.5 Å². The quantitative estimate of drug-likeness (QED) is 0.810. The summed E-state index contributed by atoms with van der Waals surface area (Å²) in [6, 6.07) is 5.84. The zero-order chi connectivity index (χ0) is 15.0. The van der Waals surface area contributed by atoms with E-state index in [1.807, 2.05) is 32.0 Å². The van der Waals surface area contributed by atoms with Crippen LogP contribution >= 0.6 is 0 Å². The minimum atomic E-state index is -0.729. The standard InChI is InChI=1S/C16H21N3O2/c1-11-4-5-12(2)13(8-11)9-19-14(20)16(18-15(19)21)6-3-7-17-10-16/h4-5,8,17H,3,6-7,9-10H2,1-2H3,(H,18,21)/t16-/m0/s1. The van der Waals surface area contributed by atoms with E-state index in [2.05, 4.69) is 10.6 Å². The molecule has 1 aromatic carbocycles. The van der Waals surface area contributed by atoms with Crippen LogP contribution in [0, 0.1) is 13.8 Å². The number of amides is 3. The van der Waals surface area contributed by atoms with E-state index in [-0.39, 0.29) is 11.9 Å². The van der Waals surface area contributed by atoms with Gasteiger partial charge >= 0.3 is 6.03 Å². The molecule has 1 atom stereocenters. The van der Waals surface area contributed by atoms with Gasteiger partial charge in [-0.3, -0.25) is 9.69 Å². The molecule has 1 spiro atoms. The molecule has 2 N–H and O–H groups in total. The predicted octanol–water partition coefficient (Wildman–Crippen LogP) is 1.48. The molecule has 5 nitrogen and oxygen atoms in total. The SMILES string of the molecule is Cc1ccc(C)c(CN2C(=O)N[C@]3(CCCNC3)C2=O)c1. The summed E-state index contributed by atoms with van der Waals surface area (Å²) in [6.45, 7) is 5.80. The minimum Gasteiger partial charge on any atom is -0.322 e. The van der Waals surface area contributed by atoms with E-state index in [0.29, 0.717) is 19.5 Å². The van der Waals surface area contributed by atoms with Gasteiger partial charge < -0.3 is 10.6 Å². The molecule has 21 heavy (non-hydrogen) atoms. The molecule has 112 valence electrons. The van der Waals surface area contributed by atoms with Crippen molar-refractivity contribution >= 4 is 11.9 Å². The average Bonchev–Trinajstić information content (AvgIpc) is 2.68. The Hall–Kier alpha value is -1.88. The molecule has 0 aromatic heterocycles. The summed E-state index contributed by atoms with van der Waals surface area (Å²) in [4.78, 5) is 26.3. The third-order valence-electron chi connectivity index (χ3n) is 4.46. The molecule has 1 aromatic rings. The van der Waals surface area contributed by atoms with Crippen LogP contribution in [0.25, 0.3) is 0 Å². The first-order valence-electron chi connectivity index (χ1n) is 7.43. The van der Waals surface area contributed by atoms with Crippen LogP contribution in [-0.4, -0.2) is 35.5 Å². The molecule has 0 radical (unpaired) electrons.